The molecule has 3 atom stereocenters. The molecular formula is C17H23NO3. The van der Waals surface area contributed by atoms with Gasteiger partial charge in [0.05, 0.1) is 0 Å². The number of hydrogen-bond donors (Lipinski definition) is 2. The Morgan fingerprint density at radius 3 is 2.86 bits per heavy atom. The minimum Gasteiger partial charge on any atom is -0.480 e. The zero-order valence-electron chi connectivity index (χ0n) is 12.3. The van der Waals surface area contributed by atoms with Gasteiger partial charge in [-0.2, -0.15) is 0 Å². The minimum atomic E-state index is -0.426. The second kappa shape index (κ2) is 6.48. The molecule has 1 fully saturated rings. The van der Waals surface area contributed by atoms with Crippen molar-refractivity contribution < 1.29 is 14.6 Å². The van der Waals surface area contributed by atoms with Gasteiger partial charge in [-0.1, -0.05) is 37.5 Å². The lowest BCUT2D eigenvalue weighted by molar-refractivity contribution is -0.128. The highest BCUT2D eigenvalue weighted by Gasteiger charge is 2.32. The number of ether oxygens (including phenoxy) is 1. The molecule has 1 aromatic carbocycles. The van der Waals surface area contributed by atoms with Crippen LogP contribution in [0.4, 0.5) is 0 Å². The average Bonchev–Trinajstić information content (AvgIpc) is 2.82. The molecule has 4 heteroatoms. The Morgan fingerprint density at radius 1 is 1.24 bits per heavy atom. The van der Waals surface area contributed by atoms with E-state index in [4.69, 9.17) is 4.74 Å². The summed E-state index contributed by atoms with van der Waals surface area (Å²) in [6, 6.07) is 7.88. The first-order chi connectivity index (χ1) is 10.3. The fourth-order valence-electron chi connectivity index (χ4n) is 3.40. The number of aliphatic hydroxyl groups is 1. The Kier molecular flexibility index (Phi) is 4.44. The van der Waals surface area contributed by atoms with Crippen molar-refractivity contribution >= 4 is 5.91 Å². The van der Waals surface area contributed by atoms with Gasteiger partial charge in [-0.15, -0.1) is 0 Å². The number of carbonyl (C=O) groups excluding carboxylic acids is 1. The molecule has 1 saturated carbocycles. The molecule has 0 radical (unpaired) electrons. The monoisotopic (exact) mass is 289 g/mol. The lowest BCUT2D eigenvalue weighted by atomic mass is 9.95. The van der Waals surface area contributed by atoms with E-state index in [9.17, 15) is 9.90 Å². The number of benzene rings is 1. The van der Waals surface area contributed by atoms with Gasteiger partial charge >= 0.3 is 0 Å². The van der Waals surface area contributed by atoms with Crippen molar-refractivity contribution in [2.75, 3.05) is 6.61 Å². The van der Waals surface area contributed by atoms with Crippen LogP contribution in [0.15, 0.2) is 24.3 Å². The quantitative estimate of drug-likeness (QED) is 0.837. The van der Waals surface area contributed by atoms with Gasteiger partial charge in [0.2, 0.25) is 0 Å². The number of nitrogens with one attached hydrogen (secondary N) is 1. The van der Waals surface area contributed by atoms with Gasteiger partial charge in [0.25, 0.3) is 5.91 Å². The van der Waals surface area contributed by atoms with E-state index in [0.717, 1.165) is 37.0 Å². The maximum Gasteiger partial charge on any atom is 0.261 e. The van der Waals surface area contributed by atoms with E-state index < -0.39 is 6.10 Å². The Balaban J connectivity index is 1.61. The van der Waals surface area contributed by atoms with Crippen molar-refractivity contribution in [3.63, 3.8) is 0 Å². The molecule has 1 aromatic rings. The molecule has 114 valence electrons. The zero-order chi connectivity index (χ0) is 14.7. The van der Waals surface area contributed by atoms with E-state index in [1.54, 1.807) is 0 Å². The fraction of sp³-hybridized carbons (Fsp3) is 0.588. The number of fused-ring (bicyclic) bond motifs is 1. The van der Waals surface area contributed by atoms with Crippen molar-refractivity contribution in [2.24, 2.45) is 5.92 Å². The van der Waals surface area contributed by atoms with Gasteiger partial charge in [-0.3, -0.25) is 4.79 Å². The number of hydrogen-bond acceptors (Lipinski definition) is 3. The van der Waals surface area contributed by atoms with E-state index >= 15 is 0 Å². The highest BCUT2D eigenvalue weighted by atomic mass is 16.5. The van der Waals surface area contributed by atoms with Crippen molar-refractivity contribution in [1.29, 1.82) is 0 Å². The summed E-state index contributed by atoms with van der Waals surface area (Å²) in [5.74, 6) is 0.953. The van der Waals surface area contributed by atoms with E-state index in [-0.39, 0.29) is 24.5 Å². The molecule has 21 heavy (non-hydrogen) atoms. The Morgan fingerprint density at radius 2 is 2.05 bits per heavy atom. The second-order valence-corrected chi connectivity index (χ2v) is 6.11. The predicted octanol–water partition coefficient (Wildman–Crippen LogP) is 2.05. The molecule has 4 nitrogen and oxygen atoms in total. The van der Waals surface area contributed by atoms with Crippen LogP contribution in [-0.4, -0.2) is 29.8 Å². The van der Waals surface area contributed by atoms with E-state index in [0.29, 0.717) is 6.42 Å². The molecule has 0 bridgehead atoms. The third-order valence-corrected chi connectivity index (χ3v) is 4.66. The molecule has 1 aliphatic heterocycles. The van der Waals surface area contributed by atoms with Crippen molar-refractivity contribution in [1.82, 2.24) is 5.32 Å². The molecule has 2 aliphatic rings. The third-order valence-electron chi connectivity index (χ3n) is 4.66. The zero-order valence-corrected chi connectivity index (χ0v) is 12.3. The number of amides is 1. The minimum absolute atomic E-state index is 0.0449. The van der Waals surface area contributed by atoms with Crippen LogP contribution in [0.1, 0.15) is 37.7 Å². The molecule has 3 rings (SSSR count). The smallest absolute Gasteiger partial charge is 0.261 e. The summed E-state index contributed by atoms with van der Waals surface area (Å²) < 4.78 is 5.74. The molecule has 2 N–H and O–H groups in total. The van der Waals surface area contributed by atoms with Gasteiger partial charge in [-0.25, -0.2) is 0 Å². The first-order valence-corrected chi connectivity index (χ1v) is 7.93. The van der Waals surface area contributed by atoms with E-state index in [1.165, 1.54) is 6.42 Å². The lowest BCUT2D eigenvalue weighted by Crippen LogP contribution is -2.47. The number of carbonyl (C=O) groups is 1. The van der Waals surface area contributed by atoms with E-state index in [1.807, 2.05) is 24.3 Å². The van der Waals surface area contributed by atoms with Crippen LogP contribution in [0.2, 0.25) is 0 Å². The summed E-state index contributed by atoms with van der Waals surface area (Å²) in [6.45, 7) is 0.150. The molecule has 3 unspecified atom stereocenters. The normalized spacial score (nSPS) is 28.3. The standard InChI is InChI=1S/C17H23NO3/c19-11-13-7-2-1-3-8-14(13)18-17(20)16-10-12-6-4-5-9-15(12)21-16/h4-6,9,13-14,16,19H,1-3,7-8,10-11H2,(H,18,20). The summed E-state index contributed by atoms with van der Waals surface area (Å²) in [5.41, 5.74) is 1.09. The molecule has 0 aromatic heterocycles. The summed E-state index contributed by atoms with van der Waals surface area (Å²) >= 11 is 0. The van der Waals surface area contributed by atoms with Crippen LogP contribution in [-0.2, 0) is 11.2 Å². The average molecular weight is 289 g/mol. The van der Waals surface area contributed by atoms with Crippen LogP contribution in [0.5, 0.6) is 5.75 Å². The molecule has 1 heterocycles. The number of para-hydroxylation sites is 1. The first-order valence-electron chi connectivity index (χ1n) is 7.93. The van der Waals surface area contributed by atoms with Gasteiger partial charge in [0.15, 0.2) is 6.10 Å². The lowest BCUT2D eigenvalue weighted by Gasteiger charge is -2.25. The summed E-state index contributed by atoms with van der Waals surface area (Å²) in [5, 5.41) is 12.6. The fourth-order valence-corrected chi connectivity index (χ4v) is 3.40. The van der Waals surface area contributed by atoms with Crippen LogP contribution in [0.25, 0.3) is 0 Å². The van der Waals surface area contributed by atoms with Crippen LogP contribution >= 0.6 is 0 Å². The van der Waals surface area contributed by atoms with Gasteiger partial charge in [0.1, 0.15) is 5.75 Å². The van der Waals surface area contributed by atoms with Gasteiger partial charge in [-0.05, 0) is 24.5 Å². The third kappa shape index (κ3) is 3.21. The highest BCUT2D eigenvalue weighted by molar-refractivity contribution is 5.82. The molecule has 1 amide bonds. The molecular weight excluding hydrogens is 266 g/mol. The van der Waals surface area contributed by atoms with Crippen LogP contribution in [0, 0.1) is 5.92 Å². The van der Waals surface area contributed by atoms with Crippen molar-refractivity contribution in [3.05, 3.63) is 29.8 Å². The first kappa shape index (κ1) is 14.4. The molecule has 0 saturated heterocycles. The second-order valence-electron chi connectivity index (χ2n) is 6.11. The van der Waals surface area contributed by atoms with Crippen molar-refractivity contribution in [2.45, 2.75) is 50.7 Å². The van der Waals surface area contributed by atoms with E-state index in [2.05, 4.69) is 5.32 Å². The molecule has 1 aliphatic carbocycles. The largest absolute Gasteiger partial charge is 0.480 e. The topological polar surface area (TPSA) is 58.6 Å². The maximum absolute atomic E-state index is 12.4. The van der Waals surface area contributed by atoms with Crippen LogP contribution < -0.4 is 10.1 Å². The van der Waals surface area contributed by atoms with Crippen LogP contribution in [0.3, 0.4) is 0 Å². The number of aliphatic hydroxyl groups excluding tert-OH is 1. The number of rotatable bonds is 3. The SMILES string of the molecule is O=C(NC1CCCCCC1CO)C1Cc2ccccc2O1. The van der Waals surface area contributed by atoms with Crippen molar-refractivity contribution in [3.8, 4) is 5.75 Å². The highest BCUT2D eigenvalue weighted by Crippen LogP contribution is 2.29. The summed E-state index contributed by atoms with van der Waals surface area (Å²) in [7, 11) is 0. The van der Waals surface area contributed by atoms with Gasteiger partial charge < -0.3 is 15.2 Å². The van der Waals surface area contributed by atoms with Gasteiger partial charge in [0, 0.05) is 25.0 Å². The Labute approximate surface area is 125 Å². The summed E-state index contributed by atoms with van der Waals surface area (Å²) in [6.07, 6.45) is 5.61. The maximum atomic E-state index is 12.4. The Hall–Kier alpha value is -1.55. The molecule has 0 spiro atoms. The predicted molar refractivity (Wildman–Crippen MR) is 80.2 cm³/mol. The Bertz CT molecular complexity index is 478. The summed E-state index contributed by atoms with van der Waals surface area (Å²) in [4.78, 5) is 12.4.